The van der Waals surface area contributed by atoms with Crippen LogP contribution in [0.1, 0.15) is 36.7 Å². The minimum Gasteiger partial charge on any atom is -0.415 e. The minimum absolute atomic E-state index is 0.0748. The zero-order chi connectivity index (χ0) is 24.9. The third kappa shape index (κ3) is 5.88. The SMILES string of the molecule is CC(C)(C)[Si](C)(C)OCCN(C(=O)Cc1ccc(C(=O)NO)cc1)c1cccc2cccnc12. The summed E-state index contributed by atoms with van der Waals surface area (Å²) in [6.07, 6.45) is 1.88. The van der Waals surface area contributed by atoms with Crippen LogP contribution in [0.3, 0.4) is 0 Å². The van der Waals surface area contributed by atoms with E-state index in [1.807, 2.05) is 30.3 Å². The Bertz CT molecular complexity index is 1150. The highest BCUT2D eigenvalue weighted by molar-refractivity contribution is 6.74. The monoisotopic (exact) mass is 479 g/mol. The van der Waals surface area contributed by atoms with Gasteiger partial charge < -0.3 is 9.33 Å². The van der Waals surface area contributed by atoms with E-state index in [1.165, 1.54) is 0 Å². The normalized spacial score (nSPS) is 11.9. The molecular formula is C26H33N3O4Si. The van der Waals surface area contributed by atoms with Crippen LogP contribution in [0.2, 0.25) is 18.1 Å². The molecule has 0 fully saturated rings. The summed E-state index contributed by atoms with van der Waals surface area (Å²) in [5, 5.41) is 9.84. The Morgan fingerprint density at radius 2 is 1.74 bits per heavy atom. The van der Waals surface area contributed by atoms with Gasteiger partial charge in [-0.25, -0.2) is 5.48 Å². The molecule has 0 aliphatic carbocycles. The Labute approximate surface area is 201 Å². The largest absolute Gasteiger partial charge is 0.415 e. The molecule has 0 saturated carbocycles. The van der Waals surface area contributed by atoms with Crippen LogP contribution in [0.4, 0.5) is 5.69 Å². The van der Waals surface area contributed by atoms with Crippen LogP contribution in [0.5, 0.6) is 0 Å². The van der Waals surface area contributed by atoms with Gasteiger partial charge in [0, 0.05) is 23.7 Å². The molecule has 2 amide bonds. The highest BCUT2D eigenvalue weighted by Gasteiger charge is 2.37. The van der Waals surface area contributed by atoms with Crippen molar-refractivity contribution in [2.75, 3.05) is 18.1 Å². The first-order valence-electron chi connectivity index (χ1n) is 11.3. The molecule has 8 heteroatoms. The number of para-hydroxylation sites is 1. The number of hydrogen-bond donors (Lipinski definition) is 2. The van der Waals surface area contributed by atoms with E-state index in [9.17, 15) is 9.59 Å². The van der Waals surface area contributed by atoms with Crippen molar-refractivity contribution in [3.63, 3.8) is 0 Å². The third-order valence-electron chi connectivity index (χ3n) is 6.46. The molecule has 0 bridgehead atoms. The van der Waals surface area contributed by atoms with Gasteiger partial charge in [0.2, 0.25) is 5.91 Å². The number of carbonyl (C=O) groups excluding carboxylic acids is 2. The number of aromatic nitrogens is 1. The molecular weight excluding hydrogens is 446 g/mol. The fourth-order valence-corrected chi connectivity index (χ4v) is 4.44. The molecule has 2 aromatic carbocycles. The van der Waals surface area contributed by atoms with Crippen LogP contribution in [-0.2, 0) is 15.6 Å². The first-order chi connectivity index (χ1) is 16.0. The van der Waals surface area contributed by atoms with Crippen molar-refractivity contribution in [1.82, 2.24) is 10.5 Å². The van der Waals surface area contributed by atoms with E-state index >= 15 is 0 Å². The van der Waals surface area contributed by atoms with Crippen molar-refractivity contribution in [1.29, 1.82) is 0 Å². The summed E-state index contributed by atoms with van der Waals surface area (Å²) < 4.78 is 6.37. The summed E-state index contributed by atoms with van der Waals surface area (Å²) in [5.41, 5.74) is 4.21. The second kappa shape index (κ2) is 10.5. The standard InChI is InChI=1S/C26H33N3O4Si/c1-26(2,3)34(4,5)33-17-16-29(22-10-6-8-20-9-7-15-27-24(20)22)23(30)18-19-11-13-21(14-12-19)25(31)28-32/h6-15,32H,16-18H2,1-5H3,(H,28,31). The van der Waals surface area contributed by atoms with E-state index in [4.69, 9.17) is 9.63 Å². The van der Waals surface area contributed by atoms with Gasteiger partial charge in [0.1, 0.15) is 0 Å². The molecule has 0 aliphatic heterocycles. The third-order valence-corrected chi connectivity index (χ3v) is 11.0. The van der Waals surface area contributed by atoms with Gasteiger partial charge in [-0.2, -0.15) is 0 Å². The van der Waals surface area contributed by atoms with Crippen LogP contribution >= 0.6 is 0 Å². The number of rotatable bonds is 8. The Balaban J connectivity index is 1.86. The Hall–Kier alpha value is -3.07. The second-order valence-electron chi connectivity index (χ2n) is 9.82. The van der Waals surface area contributed by atoms with Gasteiger partial charge >= 0.3 is 0 Å². The van der Waals surface area contributed by atoms with Gasteiger partial charge in [0.15, 0.2) is 8.32 Å². The predicted molar refractivity (Wildman–Crippen MR) is 137 cm³/mol. The van der Waals surface area contributed by atoms with Crippen LogP contribution < -0.4 is 10.4 Å². The van der Waals surface area contributed by atoms with Crippen molar-refractivity contribution in [2.24, 2.45) is 0 Å². The van der Waals surface area contributed by atoms with E-state index < -0.39 is 14.2 Å². The number of nitrogens with one attached hydrogen (secondary N) is 1. The number of amides is 2. The number of hydroxylamine groups is 1. The summed E-state index contributed by atoms with van der Waals surface area (Å²) in [7, 11) is -1.97. The Morgan fingerprint density at radius 1 is 1.06 bits per heavy atom. The highest BCUT2D eigenvalue weighted by Crippen LogP contribution is 2.36. The Morgan fingerprint density at radius 3 is 2.38 bits per heavy atom. The number of fused-ring (bicyclic) bond motifs is 1. The van der Waals surface area contributed by atoms with E-state index in [0.29, 0.717) is 18.7 Å². The summed E-state index contributed by atoms with van der Waals surface area (Å²) >= 11 is 0. The van der Waals surface area contributed by atoms with Crippen molar-refractivity contribution in [2.45, 2.75) is 45.3 Å². The number of carbonyl (C=O) groups is 2. The van der Waals surface area contributed by atoms with Gasteiger partial charge in [-0.05, 0) is 48.0 Å². The van der Waals surface area contributed by atoms with Gasteiger partial charge in [-0.3, -0.25) is 19.8 Å². The number of anilines is 1. The van der Waals surface area contributed by atoms with Crippen LogP contribution in [-0.4, -0.2) is 43.5 Å². The topological polar surface area (TPSA) is 91.8 Å². The second-order valence-corrected chi connectivity index (χ2v) is 14.6. The average Bonchev–Trinajstić information content (AvgIpc) is 2.80. The molecule has 3 aromatic rings. The Kier molecular flexibility index (Phi) is 7.86. The predicted octanol–water partition coefficient (Wildman–Crippen LogP) is 4.95. The van der Waals surface area contributed by atoms with E-state index in [1.54, 1.807) is 40.8 Å². The molecule has 1 aromatic heterocycles. The van der Waals surface area contributed by atoms with Crippen molar-refractivity contribution < 1.29 is 19.2 Å². The van der Waals surface area contributed by atoms with Gasteiger partial charge in [-0.15, -0.1) is 0 Å². The molecule has 0 unspecified atom stereocenters. The lowest BCUT2D eigenvalue weighted by atomic mass is 10.1. The van der Waals surface area contributed by atoms with E-state index in [2.05, 4.69) is 38.8 Å². The maximum Gasteiger partial charge on any atom is 0.274 e. The van der Waals surface area contributed by atoms with Crippen molar-refractivity contribution in [3.05, 3.63) is 71.9 Å². The van der Waals surface area contributed by atoms with Crippen molar-refractivity contribution in [3.8, 4) is 0 Å². The van der Waals surface area contributed by atoms with Crippen LogP contribution in [0, 0.1) is 0 Å². The van der Waals surface area contributed by atoms with E-state index in [-0.39, 0.29) is 17.4 Å². The maximum atomic E-state index is 13.5. The number of pyridine rings is 1. The first-order valence-corrected chi connectivity index (χ1v) is 14.3. The van der Waals surface area contributed by atoms with Gasteiger partial charge in [0.25, 0.3) is 5.91 Å². The fourth-order valence-electron chi connectivity index (χ4n) is 3.40. The molecule has 3 rings (SSSR count). The summed E-state index contributed by atoms with van der Waals surface area (Å²) in [6, 6.07) is 16.3. The van der Waals surface area contributed by atoms with Crippen LogP contribution in [0.25, 0.3) is 10.9 Å². The molecule has 0 saturated heterocycles. The number of nitrogens with zero attached hydrogens (tertiary/aromatic N) is 2. The average molecular weight is 480 g/mol. The summed E-state index contributed by atoms with van der Waals surface area (Å²) in [6.45, 7) is 11.8. The molecule has 0 atom stereocenters. The highest BCUT2D eigenvalue weighted by atomic mass is 28.4. The number of hydrogen-bond acceptors (Lipinski definition) is 5. The smallest absolute Gasteiger partial charge is 0.274 e. The van der Waals surface area contributed by atoms with Gasteiger partial charge in [-0.1, -0.05) is 51.1 Å². The molecule has 34 heavy (non-hydrogen) atoms. The zero-order valence-electron chi connectivity index (χ0n) is 20.5. The zero-order valence-corrected chi connectivity index (χ0v) is 21.5. The molecule has 0 radical (unpaired) electrons. The summed E-state index contributed by atoms with van der Waals surface area (Å²) in [5.74, 6) is -0.680. The quantitative estimate of drug-likeness (QED) is 0.271. The van der Waals surface area contributed by atoms with Gasteiger partial charge in [0.05, 0.1) is 24.2 Å². The molecule has 1 heterocycles. The maximum absolute atomic E-state index is 13.5. The lowest BCUT2D eigenvalue weighted by molar-refractivity contribution is -0.118. The minimum atomic E-state index is -1.97. The fraction of sp³-hybridized carbons (Fsp3) is 0.346. The first kappa shape index (κ1) is 25.5. The van der Waals surface area contributed by atoms with Crippen LogP contribution in [0.15, 0.2) is 60.8 Å². The molecule has 0 aliphatic rings. The van der Waals surface area contributed by atoms with E-state index in [0.717, 1.165) is 22.2 Å². The summed E-state index contributed by atoms with van der Waals surface area (Å²) in [4.78, 5) is 31.4. The van der Waals surface area contributed by atoms with Crippen molar-refractivity contribution >= 4 is 36.7 Å². The lowest BCUT2D eigenvalue weighted by Gasteiger charge is -2.37. The molecule has 7 nitrogen and oxygen atoms in total. The molecule has 180 valence electrons. The molecule has 2 N–H and O–H groups in total. The lowest BCUT2D eigenvalue weighted by Crippen LogP contribution is -2.44. The number of benzene rings is 2. The molecule has 0 spiro atoms.